The molecule has 1 aromatic heterocycles. The number of amides is 1. The fraction of sp³-hybridized carbons (Fsp3) is 0.438. The van der Waals surface area contributed by atoms with Gasteiger partial charge < -0.3 is 25.8 Å². The van der Waals surface area contributed by atoms with Crippen molar-refractivity contribution >= 4 is 28.3 Å². The van der Waals surface area contributed by atoms with Crippen molar-refractivity contribution in [2.24, 2.45) is 10.9 Å². The lowest BCUT2D eigenvalue weighted by molar-refractivity contribution is -0.127. The molecule has 0 aliphatic carbocycles. The normalized spacial score (nSPS) is 16.7. The first kappa shape index (κ1) is 33.5. The van der Waals surface area contributed by atoms with Crippen LogP contribution in [0.15, 0.2) is 66.3 Å². The van der Waals surface area contributed by atoms with E-state index in [1.54, 1.807) is 18.3 Å². The number of nitrogens with zero attached hydrogens (tertiary/aromatic N) is 6. The van der Waals surface area contributed by atoms with Gasteiger partial charge in [-0.25, -0.2) is 14.4 Å². The molecular weight excluding hydrogens is 591 g/mol. The molecule has 2 fully saturated rings. The number of hydrazine groups is 1. The molecule has 4 N–H and O–H groups in total. The number of anilines is 1. The van der Waals surface area contributed by atoms with Gasteiger partial charge in [0.05, 0.1) is 5.70 Å². The molecule has 0 spiro atoms. The quantitative estimate of drug-likeness (QED) is 0.164. The Morgan fingerprint density at radius 1 is 1.22 bits per heavy atom. The van der Waals surface area contributed by atoms with Gasteiger partial charge in [-0.05, 0) is 75.7 Å². The Hall–Kier alpha value is -4.41. The second kappa shape index (κ2) is 16.1. The number of guanidine groups is 1. The van der Waals surface area contributed by atoms with Crippen LogP contribution in [0.25, 0.3) is 11.3 Å². The van der Waals surface area contributed by atoms with Crippen molar-refractivity contribution in [1.29, 1.82) is 5.26 Å². The highest BCUT2D eigenvalue weighted by Crippen LogP contribution is 2.34. The van der Waals surface area contributed by atoms with Crippen LogP contribution in [-0.4, -0.2) is 73.1 Å². The third kappa shape index (κ3) is 8.40. The van der Waals surface area contributed by atoms with Crippen LogP contribution in [-0.2, 0) is 4.79 Å². The largest absolute Gasteiger partial charge is 0.353 e. The van der Waals surface area contributed by atoms with Crippen molar-refractivity contribution in [1.82, 2.24) is 36.3 Å². The molecule has 1 aromatic carbocycles. The number of nitriles is 1. The first-order chi connectivity index (χ1) is 21.8. The molecule has 3 heterocycles. The molecule has 45 heavy (non-hydrogen) atoms. The molecule has 0 atom stereocenters. The van der Waals surface area contributed by atoms with Crippen LogP contribution in [0.1, 0.15) is 43.9 Å². The van der Waals surface area contributed by atoms with E-state index in [1.165, 1.54) is 29.7 Å². The molecule has 240 valence electrons. The van der Waals surface area contributed by atoms with Gasteiger partial charge in [-0.2, -0.15) is 5.26 Å². The van der Waals surface area contributed by atoms with E-state index in [4.69, 9.17) is 4.98 Å². The summed E-state index contributed by atoms with van der Waals surface area (Å²) in [4.78, 5) is 26.7. The first-order valence-corrected chi connectivity index (χ1v) is 16.1. The van der Waals surface area contributed by atoms with Gasteiger partial charge in [-0.1, -0.05) is 31.4 Å². The molecule has 0 unspecified atom stereocenters. The number of carbonyl (C=O) groups excluding carboxylic acids is 1. The molecule has 2 aliphatic heterocycles. The summed E-state index contributed by atoms with van der Waals surface area (Å²) in [6.07, 6.45) is 7.15. The summed E-state index contributed by atoms with van der Waals surface area (Å²) >= 11 is 1.25. The minimum atomic E-state index is -0.352. The second-order valence-corrected chi connectivity index (χ2v) is 11.9. The molecule has 0 radical (unpaired) electrons. The van der Waals surface area contributed by atoms with Crippen molar-refractivity contribution in [3.8, 4) is 17.3 Å². The third-order valence-electron chi connectivity index (χ3n) is 7.98. The Labute approximate surface area is 269 Å². The number of benzene rings is 1. The fourth-order valence-electron chi connectivity index (χ4n) is 5.55. The third-order valence-corrected chi connectivity index (χ3v) is 9.02. The van der Waals surface area contributed by atoms with Gasteiger partial charge in [0.15, 0.2) is 5.13 Å². The number of aliphatic imine (C=N–C) groups is 1. The minimum absolute atomic E-state index is 0.0149. The van der Waals surface area contributed by atoms with Crippen LogP contribution in [0.3, 0.4) is 0 Å². The first-order valence-electron chi connectivity index (χ1n) is 15.3. The van der Waals surface area contributed by atoms with Gasteiger partial charge >= 0.3 is 0 Å². The van der Waals surface area contributed by atoms with E-state index in [0.29, 0.717) is 52.6 Å². The van der Waals surface area contributed by atoms with Gasteiger partial charge in [0.25, 0.3) is 0 Å². The minimum Gasteiger partial charge on any atom is -0.353 e. The maximum atomic E-state index is 13.5. The number of hydrogen-bond donors (Lipinski definition) is 4. The highest BCUT2D eigenvalue weighted by atomic mass is 32.1. The van der Waals surface area contributed by atoms with Crippen LogP contribution in [0.2, 0.25) is 0 Å². The molecule has 2 aliphatic rings. The summed E-state index contributed by atoms with van der Waals surface area (Å²) in [7, 11) is 3.75. The fourth-order valence-corrected chi connectivity index (χ4v) is 6.40. The number of aromatic nitrogens is 1. The van der Waals surface area contributed by atoms with E-state index in [-0.39, 0.29) is 23.7 Å². The van der Waals surface area contributed by atoms with E-state index in [0.717, 1.165) is 44.5 Å². The van der Waals surface area contributed by atoms with E-state index in [9.17, 15) is 14.4 Å². The maximum absolute atomic E-state index is 13.5. The number of allylic oxidation sites excluding steroid dienone is 1. The zero-order chi connectivity index (χ0) is 32.3. The van der Waals surface area contributed by atoms with Crippen molar-refractivity contribution in [2.45, 2.75) is 45.1 Å². The molecule has 2 aromatic rings. The summed E-state index contributed by atoms with van der Waals surface area (Å²) in [6, 6.07) is 8.42. The number of nitrogens with one attached hydrogen (secondary N) is 4. The highest BCUT2D eigenvalue weighted by Gasteiger charge is 2.30. The monoisotopic (exact) mass is 634 g/mol. The van der Waals surface area contributed by atoms with Crippen LogP contribution in [0.4, 0.5) is 9.52 Å². The van der Waals surface area contributed by atoms with Crippen molar-refractivity contribution in [3.05, 3.63) is 72.0 Å². The summed E-state index contributed by atoms with van der Waals surface area (Å²) in [5, 5.41) is 22.1. The van der Waals surface area contributed by atoms with Crippen LogP contribution in [0.5, 0.6) is 0 Å². The highest BCUT2D eigenvalue weighted by molar-refractivity contribution is 7.16. The summed E-state index contributed by atoms with van der Waals surface area (Å²) < 4.78 is 13.5. The molecule has 2 saturated heterocycles. The standard InChI is InChI=1S/C32H43FN10OS/c1-6-26(29(36-7-2)41(4)32-39-28(27(21-34)45-32)22-9-11-24(33)12-10-22)40-42(5)31(37-8-3)43-19-15-23(16-20-43)30(44)38-25-13-17-35-18-14-25/h7-12,23,25,35-36,40H,2-3,6,13-20H2,1,4-5H3,(H,38,44)/b29-26+,37-31?. The van der Waals surface area contributed by atoms with Crippen LogP contribution >= 0.6 is 11.3 Å². The zero-order valence-electron chi connectivity index (χ0n) is 26.3. The summed E-state index contributed by atoms with van der Waals surface area (Å²) in [5.41, 5.74) is 5.46. The average molecular weight is 635 g/mol. The van der Waals surface area contributed by atoms with Crippen molar-refractivity contribution in [3.63, 3.8) is 0 Å². The lowest BCUT2D eigenvalue weighted by Crippen LogP contribution is -2.53. The van der Waals surface area contributed by atoms with E-state index in [2.05, 4.69) is 50.5 Å². The molecule has 1 amide bonds. The Morgan fingerprint density at radius 3 is 2.51 bits per heavy atom. The van der Waals surface area contributed by atoms with Crippen molar-refractivity contribution in [2.75, 3.05) is 45.2 Å². The molecule has 4 rings (SSSR count). The number of carbonyl (C=O) groups is 1. The average Bonchev–Trinajstić information content (AvgIpc) is 3.50. The lowest BCUT2D eigenvalue weighted by atomic mass is 9.95. The van der Waals surface area contributed by atoms with Gasteiger partial charge in [0.2, 0.25) is 11.9 Å². The smallest absolute Gasteiger partial charge is 0.223 e. The van der Waals surface area contributed by atoms with Crippen LogP contribution < -0.4 is 26.3 Å². The number of thiazole rings is 1. The van der Waals surface area contributed by atoms with Gasteiger partial charge in [-0.15, -0.1) is 0 Å². The maximum Gasteiger partial charge on any atom is 0.223 e. The predicted octanol–water partition coefficient (Wildman–Crippen LogP) is 4.09. The lowest BCUT2D eigenvalue weighted by Gasteiger charge is -2.38. The molecule has 0 saturated carbocycles. The number of halogens is 1. The Balaban J connectivity index is 1.49. The number of likely N-dealkylation sites (tertiary alicyclic amines) is 1. The molecule has 11 nitrogen and oxygen atoms in total. The van der Waals surface area contributed by atoms with Gasteiger partial charge in [-0.3, -0.25) is 15.2 Å². The molecular formula is C32H43FN10OS. The van der Waals surface area contributed by atoms with E-state index < -0.39 is 0 Å². The van der Waals surface area contributed by atoms with Crippen molar-refractivity contribution < 1.29 is 9.18 Å². The van der Waals surface area contributed by atoms with Gasteiger partial charge in [0, 0.05) is 50.9 Å². The summed E-state index contributed by atoms with van der Waals surface area (Å²) in [6.45, 7) is 13.0. The predicted molar refractivity (Wildman–Crippen MR) is 178 cm³/mol. The number of rotatable bonds is 11. The Morgan fingerprint density at radius 2 is 1.91 bits per heavy atom. The summed E-state index contributed by atoms with van der Waals surface area (Å²) in [5.74, 6) is 1.16. The van der Waals surface area contributed by atoms with Gasteiger partial charge in [0.1, 0.15) is 28.3 Å². The topological polar surface area (TPSA) is 124 Å². The number of hydrogen-bond acceptors (Lipinski definition) is 9. The molecule has 13 heteroatoms. The zero-order valence-corrected chi connectivity index (χ0v) is 27.1. The second-order valence-electron chi connectivity index (χ2n) is 11.0. The SMILES string of the molecule is C=CN=C(N1CCC(C(=O)NC2CCNCC2)CC1)N(C)N/C(CC)=C(\NC=C)N(C)c1nc(-c2ccc(F)cc2)c(C#N)s1. The Kier molecular flexibility index (Phi) is 11.9. The Bertz CT molecular complexity index is 1430. The van der Waals surface area contributed by atoms with Crippen LogP contribution in [0, 0.1) is 23.1 Å². The van der Waals surface area contributed by atoms with E-state index in [1.807, 2.05) is 30.9 Å². The number of piperidine rings is 2. The van der Waals surface area contributed by atoms with E-state index >= 15 is 0 Å². The molecule has 0 bridgehead atoms.